The average Bonchev–Trinajstić information content (AvgIpc) is 3.13. The summed E-state index contributed by atoms with van der Waals surface area (Å²) < 4.78 is 32.3. The van der Waals surface area contributed by atoms with Crippen molar-refractivity contribution in [2.75, 3.05) is 26.2 Å². The second-order valence-electron chi connectivity index (χ2n) is 6.07. The van der Waals surface area contributed by atoms with Gasteiger partial charge in [-0.2, -0.15) is 0 Å². The lowest BCUT2D eigenvalue weighted by atomic mass is 10.1. The number of piperidine rings is 1. The van der Waals surface area contributed by atoms with E-state index in [9.17, 15) is 8.42 Å². The molecule has 3 fully saturated rings. The van der Waals surface area contributed by atoms with E-state index in [2.05, 4.69) is 9.62 Å². The molecule has 0 aromatic heterocycles. The molecule has 19 heavy (non-hydrogen) atoms. The molecule has 0 aromatic rings. The third-order valence-corrected chi connectivity index (χ3v) is 6.38. The van der Waals surface area contributed by atoms with Crippen LogP contribution in [0.15, 0.2) is 0 Å². The van der Waals surface area contributed by atoms with Gasteiger partial charge in [0.2, 0.25) is 10.0 Å². The van der Waals surface area contributed by atoms with E-state index < -0.39 is 10.0 Å². The largest absolute Gasteiger partial charge is 0.377 e. The van der Waals surface area contributed by atoms with Crippen LogP contribution in [0.2, 0.25) is 0 Å². The van der Waals surface area contributed by atoms with Gasteiger partial charge in [-0.3, -0.25) is 0 Å². The van der Waals surface area contributed by atoms with Crippen LogP contribution in [0.1, 0.15) is 38.5 Å². The lowest BCUT2D eigenvalue weighted by molar-refractivity contribution is 0.0639. The highest BCUT2D eigenvalue weighted by Crippen LogP contribution is 2.28. The molecule has 1 atom stereocenters. The van der Waals surface area contributed by atoms with Crippen LogP contribution in [-0.4, -0.2) is 57.0 Å². The van der Waals surface area contributed by atoms with Gasteiger partial charge in [-0.1, -0.05) is 0 Å². The van der Waals surface area contributed by atoms with Gasteiger partial charge in [0.15, 0.2) is 0 Å². The van der Waals surface area contributed by atoms with Crippen LogP contribution in [0, 0.1) is 0 Å². The zero-order chi connectivity index (χ0) is 13.3. The normalized spacial score (nSPS) is 30.8. The Morgan fingerprint density at radius 1 is 1.11 bits per heavy atom. The van der Waals surface area contributed by atoms with E-state index >= 15 is 0 Å². The maximum atomic E-state index is 11.9. The van der Waals surface area contributed by atoms with Gasteiger partial charge >= 0.3 is 0 Å². The van der Waals surface area contributed by atoms with Crippen molar-refractivity contribution in [1.29, 1.82) is 0 Å². The molecule has 3 aliphatic rings. The molecule has 0 radical (unpaired) electrons. The Morgan fingerprint density at radius 2 is 1.84 bits per heavy atom. The summed E-state index contributed by atoms with van der Waals surface area (Å²) in [6.07, 6.45) is 6.30. The first-order chi connectivity index (χ1) is 9.13. The smallest absolute Gasteiger partial charge is 0.214 e. The highest BCUT2D eigenvalue weighted by molar-refractivity contribution is 7.90. The van der Waals surface area contributed by atoms with Crippen molar-refractivity contribution in [2.45, 2.75) is 55.9 Å². The maximum absolute atomic E-state index is 11.9. The van der Waals surface area contributed by atoms with Crippen LogP contribution in [0.3, 0.4) is 0 Å². The summed E-state index contributed by atoms with van der Waals surface area (Å²) >= 11 is 0. The molecule has 0 aromatic carbocycles. The van der Waals surface area contributed by atoms with Gasteiger partial charge < -0.3 is 9.64 Å². The van der Waals surface area contributed by atoms with E-state index in [-0.39, 0.29) is 11.3 Å². The van der Waals surface area contributed by atoms with Crippen molar-refractivity contribution in [3.8, 4) is 0 Å². The van der Waals surface area contributed by atoms with Gasteiger partial charge in [-0.25, -0.2) is 13.1 Å². The highest BCUT2D eigenvalue weighted by Gasteiger charge is 2.37. The highest BCUT2D eigenvalue weighted by atomic mass is 32.2. The first-order valence-electron chi connectivity index (χ1n) is 7.48. The fourth-order valence-electron chi connectivity index (χ4n) is 3.02. The van der Waals surface area contributed by atoms with E-state index in [0.29, 0.717) is 6.10 Å². The van der Waals surface area contributed by atoms with Crippen LogP contribution >= 0.6 is 0 Å². The summed E-state index contributed by atoms with van der Waals surface area (Å²) in [6.45, 7) is 3.89. The minimum Gasteiger partial charge on any atom is -0.377 e. The summed E-state index contributed by atoms with van der Waals surface area (Å²) in [6, 6.07) is 0.145. The van der Waals surface area contributed by atoms with Crippen molar-refractivity contribution in [3.63, 3.8) is 0 Å². The molecule has 1 aliphatic carbocycles. The molecule has 6 heteroatoms. The molecule has 0 spiro atoms. The lowest BCUT2D eigenvalue weighted by Crippen LogP contribution is -2.47. The Kier molecular flexibility index (Phi) is 4.12. The maximum Gasteiger partial charge on any atom is 0.214 e. The van der Waals surface area contributed by atoms with E-state index in [1.807, 2.05) is 0 Å². The molecule has 110 valence electrons. The molecule has 1 N–H and O–H groups in total. The number of ether oxygens (including phenoxy) is 1. The summed E-state index contributed by atoms with van der Waals surface area (Å²) in [5.74, 6) is 0. The first-order valence-corrected chi connectivity index (χ1v) is 9.03. The van der Waals surface area contributed by atoms with Gasteiger partial charge in [0.1, 0.15) is 0 Å². The van der Waals surface area contributed by atoms with E-state index in [0.717, 1.165) is 51.9 Å². The summed E-state index contributed by atoms with van der Waals surface area (Å²) in [4.78, 5) is 2.41. The van der Waals surface area contributed by atoms with E-state index in [1.165, 1.54) is 12.8 Å². The predicted molar refractivity (Wildman–Crippen MR) is 73.5 cm³/mol. The quantitative estimate of drug-likeness (QED) is 0.809. The number of rotatable bonds is 5. The number of nitrogens with one attached hydrogen (secondary N) is 1. The van der Waals surface area contributed by atoms with Crippen molar-refractivity contribution < 1.29 is 13.2 Å². The van der Waals surface area contributed by atoms with Crippen molar-refractivity contribution in [2.24, 2.45) is 0 Å². The molecule has 2 saturated heterocycles. The SMILES string of the molecule is O=S(=O)(NC1CCN(CC2CCCO2)CC1)C1CC1. The first kappa shape index (κ1) is 13.8. The van der Waals surface area contributed by atoms with Gasteiger partial charge in [0.25, 0.3) is 0 Å². The van der Waals surface area contributed by atoms with Gasteiger partial charge in [-0.15, -0.1) is 0 Å². The molecule has 0 amide bonds. The van der Waals surface area contributed by atoms with Gasteiger partial charge in [0.05, 0.1) is 11.4 Å². The number of likely N-dealkylation sites (tertiary alicyclic amines) is 1. The Morgan fingerprint density at radius 3 is 2.42 bits per heavy atom. The van der Waals surface area contributed by atoms with Crippen LogP contribution in [0.4, 0.5) is 0 Å². The molecular formula is C13H24N2O3S. The number of sulfonamides is 1. The van der Waals surface area contributed by atoms with E-state index in [4.69, 9.17) is 4.74 Å². The summed E-state index contributed by atoms with van der Waals surface area (Å²) in [7, 11) is -3.02. The molecule has 2 heterocycles. The van der Waals surface area contributed by atoms with E-state index in [1.54, 1.807) is 0 Å². The Hall–Kier alpha value is -0.170. The van der Waals surface area contributed by atoms with Crippen molar-refractivity contribution in [3.05, 3.63) is 0 Å². The molecule has 1 unspecified atom stereocenters. The topological polar surface area (TPSA) is 58.6 Å². The minimum atomic E-state index is -3.02. The van der Waals surface area contributed by atoms with Crippen LogP contribution in [-0.2, 0) is 14.8 Å². The lowest BCUT2D eigenvalue weighted by Gasteiger charge is -2.33. The Bertz CT molecular complexity index is 394. The fourth-order valence-corrected chi connectivity index (χ4v) is 4.67. The molecule has 1 saturated carbocycles. The molecule has 3 rings (SSSR count). The minimum absolute atomic E-state index is 0.0996. The zero-order valence-corrected chi connectivity index (χ0v) is 12.2. The van der Waals surface area contributed by atoms with Gasteiger partial charge in [-0.05, 0) is 51.6 Å². The second-order valence-corrected chi connectivity index (χ2v) is 8.06. The van der Waals surface area contributed by atoms with Crippen LogP contribution in [0.25, 0.3) is 0 Å². The monoisotopic (exact) mass is 288 g/mol. The summed E-state index contributed by atoms with van der Waals surface area (Å²) in [5.41, 5.74) is 0. The number of hydrogen-bond acceptors (Lipinski definition) is 4. The van der Waals surface area contributed by atoms with Gasteiger partial charge in [0, 0.05) is 19.2 Å². The standard InChI is InChI=1S/C13H24N2O3S/c16-19(17,13-3-4-13)14-11-5-7-15(8-6-11)10-12-2-1-9-18-12/h11-14H,1-10H2. The van der Waals surface area contributed by atoms with Crippen LogP contribution in [0.5, 0.6) is 0 Å². The predicted octanol–water partition coefficient (Wildman–Crippen LogP) is 0.712. The third-order valence-electron chi connectivity index (χ3n) is 4.37. The van der Waals surface area contributed by atoms with Crippen molar-refractivity contribution >= 4 is 10.0 Å². The molecule has 0 bridgehead atoms. The van der Waals surface area contributed by atoms with Crippen molar-refractivity contribution in [1.82, 2.24) is 9.62 Å². The molecule has 2 aliphatic heterocycles. The summed E-state index contributed by atoms with van der Waals surface area (Å²) in [5, 5.41) is -0.0996. The second kappa shape index (κ2) is 5.68. The number of nitrogens with zero attached hydrogens (tertiary/aromatic N) is 1. The number of hydrogen-bond donors (Lipinski definition) is 1. The Labute approximate surface area is 115 Å². The average molecular weight is 288 g/mol. The molecule has 5 nitrogen and oxygen atoms in total. The zero-order valence-electron chi connectivity index (χ0n) is 11.4. The molecular weight excluding hydrogens is 264 g/mol. The third kappa shape index (κ3) is 3.68. The Balaban J connectivity index is 1.41. The van der Waals surface area contributed by atoms with Crippen LogP contribution < -0.4 is 4.72 Å². The fraction of sp³-hybridized carbons (Fsp3) is 1.00.